The average molecular weight is 278 g/mol. The van der Waals surface area contributed by atoms with Crippen LogP contribution < -0.4 is 10.0 Å². The molecule has 98 valence electrons. The first kappa shape index (κ1) is 14.5. The third kappa shape index (κ3) is 3.70. The Hall–Kier alpha value is -0.570. The number of hydrogen-bond donors (Lipinski definition) is 3. The second kappa shape index (κ2) is 6.39. The minimum atomic E-state index is -3.47. The molecule has 17 heavy (non-hydrogen) atoms. The van der Waals surface area contributed by atoms with Crippen LogP contribution in [0.15, 0.2) is 4.90 Å². The van der Waals surface area contributed by atoms with Crippen molar-refractivity contribution in [3.8, 4) is 0 Å². The predicted molar refractivity (Wildman–Crippen MR) is 69.7 cm³/mol. The van der Waals surface area contributed by atoms with Gasteiger partial charge in [0.15, 0.2) is 0 Å². The van der Waals surface area contributed by atoms with Gasteiger partial charge in [0.25, 0.3) is 0 Å². The molecule has 0 bridgehead atoms. The Morgan fingerprint density at radius 2 is 2.18 bits per heavy atom. The van der Waals surface area contributed by atoms with Crippen LogP contribution in [-0.4, -0.2) is 44.2 Å². The van der Waals surface area contributed by atoms with Gasteiger partial charge in [-0.1, -0.05) is 0 Å². The maximum absolute atomic E-state index is 12.1. The SMILES string of the molecule is CNCc1n[nH]c(C)c1S(=O)(=O)NCCSC. The lowest BCUT2D eigenvalue weighted by Crippen LogP contribution is -2.27. The molecule has 0 atom stereocenters. The molecule has 8 heteroatoms. The summed E-state index contributed by atoms with van der Waals surface area (Å²) in [5.41, 5.74) is 1.08. The van der Waals surface area contributed by atoms with E-state index in [1.165, 1.54) is 0 Å². The van der Waals surface area contributed by atoms with Crippen LogP contribution in [0.2, 0.25) is 0 Å². The number of thioether (sulfide) groups is 1. The fourth-order valence-corrected chi connectivity index (χ4v) is 3.29. The van der Waals surface area contributed by atoms with Crippen molar-refractivity contribution in [2.45, 2.75) is 18.4 Å². The molecule has 1 heterocycles. The second-order valence-corrected chi connectivity index (χ2v) is 6.23. The van der Waals surface area contributed by atoms with Gasteiger partial charge in [-0.15, -0.1) is 0 Å². The predicted octanol–water partition coefficient (Wildman–Crippen LogP) is 0.0788. The quantitative estimate of drug-likeness (QED) is 0.615. The molecule has 0 saturated carbocycles. The van der Waals surface area contributed by atoms with Gasteiger partial charge in [-0.2, -0.15) is 16.9 Å². The molecule has 1 aromatic rings. The van der Waals surface area contributed by atoms with Crippen LogP contribution in [0, 0.1) is 6.92 Å². The van der Waals surface area contributed by atoms with E-state index in [0.717, 1.165) is 5.75 Å². The molecular weight excluding hydrogens is 260 g/mol. The minimum Gasteiger partial charge on any atom is -0.314 e. The van der Waals surface area contributed by atoms with E-state index in [2.05, 4.69) is 20.2 Å². The van der Waals surface area contributed by atoms with Gasteiger partial charge in [0.1, 0.15) is 4.90 Å². The van der Waals surface area contributed by atoms with Crippen LogP contribution in [0.3, 0.4) is 0 Å². The van der Waals surface area contributed by atoms with Crippen LogP contribution in [0.25, 0.3) is 0 Å². The highest BCUT2D eigenvalue weighted by Crippen LogP contribution is 2.17. The number of sulfonamides is 1. The van der Waals surface area contributed by atoms with Crippen molar-refractivity contribution >= 4 is 21.8 Å². The van der Waals surface area contributed by atoms with Crippen molar-refractivity contribution in [1.29, 1.82) is 0 Å². The summed E-state index contributed by atoms with van der Waals surface area (Å²) >= 11 is 1.60. The Bertz CT molecular complexity index is 456. The molecule has 0 spiro atoms. The van der Waals surface area contributed by atoms with Gasteiger partial charge in [0.2, 0.25) is 10.0 Å². The Labute approximate surface area is 106 Å². The number of aromatic nitrogens is 2. The van der Waals surface area contributed by atoms with Crippen molar-refractivity contribution < 1.29 is 8.42 Å². The molecule has 0 unspecified atom stereocenters. The third-order valence-corrected chi connectivity index (χ3v) is 4.45. The van der Waals surface area contributed by atoms with Crippen LogP contribution in [0.4, 0.5) is 0 Å². The average Bonchev–Trinajstić information content (AvgIpc) is 2.61. The molecule has 6 nitrogen and oxygen atoms in total. The summed E-state index contributed by atoms with van der Waals surface area (Å²) < 4.78 is 26.7. The number of aryl methyl sites for hydroxylation is 1. The van der Waals surface area contributed by atoms with Crippen molar-refractivity contribution in [1.82, 2.24) is 20.2 Å². The fourth-order valence-electron chi connectivity index (χ4n) is 1.46. The molecule has 0 aromatic carbocycles. The lowest BCUT2D eigenvalue weighted by atomic mass is 10.4. The molecule has 0 fully saturated rings. The van der Waals surface area contributed by atoms with Gasteiger partial charge in [-0.05, 0) is 20.2 Å². The molecule has 1 rings (SSSR count). The monoisotopic (exact) mass is 278 g/mol. The molecule has 0 aliphatic heterocycles. The van der Waals surface area contributed by atoms with E-state index in [0.29, 0.717) is 24.5 Å². The van der Waals surface area contributed by atoms with Gasteiger partial charge in [0, 0.05) is 18.8 Å². The zero-order chi connectivity index (χ0) is 12.9. The van der Waals surface area contributed by atoms with Crippen LogP contribution in [0.5, 0.6) is 0 Å². The van der Waals surface area contributed by atoms with Gasteiger partial charge < -0.3 is 5.32 Å². The summed E-state index contributed by atoms with van der Waals surface area (Å²) in [4.78, 5) is 0.257. The Morgan fingerprint density at radius 3 is 2.76 bits per heavy atom. The molecule has 0 amide bonds. The molecule has 0 aliphatic rings. The van der Waals surface area contributed by atoms with Crippen molar-refractivity contribution in [3.05, 3.63) is 11.4 Å². The first-order valence-electron chi connectivity index (χ1n) is 5.20. The Balaban J connectivity index is 2.93. The molecular formula is C9H18N4O2S2. The van der Waals surface area contributed by atoms with E-state index < -0.39 is 10.0 Å². The third-order valence-electron chi connectivity index (χ3n) is 2.17. The summed E-state index contributed by atoms with van der Waals surface area (Å²) in [5.74, 6) is 0.748. The Morgan fingerprint density at radius 1 is 1.47 bits per heavy atom. The lowest BCUT2D eigenvalue weighted by molar-refractivity contribution is 0.581. The van der Waals surface area contributed by atoms with Gasteiger partial charge in [-0.3, -0.25) is 5.10 Å². The van der Waals surface area contributed by atoms with Crippen LogP contribution >= 0.6 is 11.8 Å². The van der Waals surface area contributed by atoms with Gasteiger partial charge in [0.05, 0.1) is 11.4 Å². The number of nitrogens with zero attached hydrogens (tertiary/aromatic N) is 1. The Kier molecular flexibility index (Phi) is 5.44. The highest BCUT2D eigenvalue weighted by atomic mass is 32.2. The van der Waals surface area contributed by atoms with E-state index in [4.69, 9.17) is 0 Å². The molecule has 1 aromatic heterocycles. The zero-order valence-electron chi connectivity index (χ0n) is 10.2. The summed E-state index contributed by atoms with van der Waals surface area (Å²) in [6.07, 6.45) is 1.93. The topological polar surface area (TPSA) is 86.9 Å². The summed E-state index contributed by atoms with van der Waals surface area (Å²) in [6, 6.07) is 0. The highest BCUT2D eigenvalue weighted by Gasteiger charge is 2.23. The standard InChI is InChI=1S/C9H18N4O2S2/c1-7-9(8(6-10-2)13-12-7)17(14,15)11-4-5-16-3/h10-11H,4-6H2,1-3H3,(H,12,13). The number of aromatic amines is 1. The summed E-state index contributed by atoms with van der Waals surface area (Å²) in [6.45, 7) is 2.55. The van der Waals surface area contributed by atoms with Crippen LogP contribution in [0.1, 0.15) is 11.4 Å². The lowest BCUT2D eigenvalue weighted by Gasteiger charge is -2.07. The first-order chi connectivity index (χ1) is 8.03. The van der Waals surface area contributed by atoms with E-state index in [9.17, 15) is 8.42 Å². The molecule has 0 saturated heterocycles. The fraction of sp³-hybridized carbons (Fsp3) is 0.667. The van der Waals surface area contributed by atoms with Crippen molar-refractivity contribution in [2.24, 2.45) is 0 Å². The largest absolute Gasteiger partial charge is 0.314 e. The number of rotatable bonds is 7. The van der Waals surface area contributed by atoms with Gasteiger partial charge in [-0.25, -0.2) is 13.1 Å². The van der Waals surface area contributed by atoms with Gasteiger partial charge >= 0.3 is 0 Å². The number of hydrogen-bond acceptors (Lipinski definition) is 5. The van der Waals surface area contributed by atoms with Crippen molar-refractivity contribution in [2.75, 3.05) is 25.6 Å². The van der Waals surface area contributed by atoms with E-state index in [-0.39, 0.29) is 4.90 Å². The highest BCUT2D eigenvalue weighted by molar-refractivity contribution is 7.98. The zero-order valence-corrected chi connectivity index (χ0v) is 11.8. The van der Waals surface area contributed by atoms with Crippen LogP contribution in [-0.2, 0) is 16.6 Å². The molecule has 3 N–H and O–H groups in total. The number of nitrogens with one attached hydrogen (secondary N) is 3. The molecule has 0 radical (unpaired) electrons. The van der Waals surface area contributed by atoms with E-state index >= 15 is 0 Å². The smallest absolute Gasteiger partial charge is 0.244 e. The minimum absolute atomic E-state index is 0.257. The van der Waals surface area contributed by atoms with E-state index in [1.807, 2.05) is 6.26 Å². The van der Waals surface area contributed by atoms with Crippen molar-refractivity contribution in [3.63, 3.8) is 0 Å². The maximum atomic E-state index is 12.1. The summed E-state index contributed by atoms with van der Waals surface area (Å²) in [5, 5.41) is 9.59. The number of H-pyrrole nitrogens is 1. The van der Waals surface area contributed by atoms with E-state index in [1.54, 1.807) is 25.7 Å². The second-order valence-electron chi connectivity index (χ2n) is 3.55. The molecule has 0 aliphatic carbocycles. The maximum Gasteiger partial charge on any atom is 0.244 e. The normalized spacial score (nSPS) is 11.9. The summed E-state index contributed by atoms with van der Waals surface area (Å²) in [7, 11) is -1.72. The first-order valence-corrected chi connectivity index (χ1v) is 8.07.